The molecule has 102 valence electrons. The van der Waals surface area contributed by atoms with Crippen molar-refractivity contribution in [2.75, 3.05) is 0 Å². The molecule has 1 heterocycles. The van der Waals surface area contributed by atoms with E-state index in [1.54, 1.807) is 0 Å². The van der Waals surface area contributed by atoms with Crippen LogP contribution in [0.4, 0.5) is 0 Å². The van der Waals surface area contributed by atoms with Crippen LogP contribution < -0.4 is 5.32 Å². The van der Waals surface area contributed by atoms with Gasteiger partial charge in [-0.2, -0.15) is 0 Å². The van der Waals surface area contributed by atoms with Crippen molar-refractivity contribution in [1.29, 1.82) is 0 Å². The van der Waals surface area contributed by atoms with Crippen molar-refractivity contribution in [3.8, 4) is 0 Å². The molecule has 1 aliphatic rings. The van der Waals surface area contributed by atoms with Crippen LogP contribution >= 0.6 is 0 Å². The van der Waals surface area contributed by atoms with Crippen LogP contribution in [-0.2, 0) is 9.59 Å². The maximum atomic E-state index is 12.5. The molecular formula is C16H21NO2. The van der Waals surface area contributed by atoms with Crippen molar-refractivity contribution in [3.05, 3.63) is 34.4 Å². The molecule has 19 heavy (non-hydrogen) atoms. The monoisotopic (exact) mass is 259 g/mol. The largest absolute Gasteiger partial charge is 0.345 e. The first-order valence-electron chi connectivity index (χ1n) is 6.74. The number of hydrogen-bond acceptors (Lipinski definition) is 2. The topological polar surface area (TPSA) is 46.2 Å². The number of Topliss-reactive ketones (excluding diaryl/α,β-unsaturated/α-hetero) is 1. The van der Waals surface area contributed by atoms with Gasteiger partial charge in [0.25, 0.3) is 0 Å². The summed E-state index contributed by atoms with van der Waals surface area (Å²) in [6.45, 7) is 9.88. The summed E-state index contributed by atoms with van der Waals surface area (Å²) in [6.07, 6.45) is 0. The minimum absolute atomic E-state index is 0.00931. The summed E-state index contributed by atoms with van der Waals surface area (Å²) in [5.41, 5.74) is 4.09. The Hall–Kier alpha value is -1.64. The van der Waals surface area contributed by atoms with E-state index in [4.69, 9.17) is 0 Å². The van der Waals surface area contributed by atoms with Crippen molar-refractivity contribution >= 4 is 11.7 Å². The standard InChI is InChI=1S/C16H21NO2/c1-8(2)14-15(18)13(16(19)17-14)12-10(4)6-9(3)7-11(12)5/h6-8,13-14H,1-5H3,(H,17,19). The highest BCUT2D eigenvalue weighted by Gasteiger charge is 2.44. The predicted molar refractivity (Wildman–Crippen MR) is 75.2 cm³/mol. The number of carbonyl (C=O) groups is 2. The average molecular weight is 259 g/mol. The molecule has 1 aliphatic heterocycles. The van der Waals surface area contributed by atoms with Gasteiger partial charge in [0.1, 0.15) is 5.92 Å². The van der Waals surface area contributed by atoms with Gasteiger partial charge >= 0.3 is 0 Å². The van der Waals surface area contributed by atoms with E-state index in [0.717, 1.165) is 22.3 Å². The Morgan fingerprint density at radius 1 is 1.05 bits per heavy atom. The molecule has 2 unspecified atom stereocenters. The molecule has 1 aromatic rings. The second kappa shape index (κ2) is 4.80. The number of hydrogen-bond donors (Lipinski definition) is 1. The lowest BCUT2D eigenvalue weighted by atomic mass is 9.85. The Balaban J connectivity index is 2.48. The molecular weight excluding hydrogens is 238 g/mol. The Morgan fingerprint density at radius 2 is 1.58 bits per heavy atom. The zero-order valence-electron chi connectivity index (χ0n) is 12.2. The second-order valence-corrected chi connectivity index (χ2v) is 5.88. The number of ketones is 1. The first kappa shape index (κ1) is 13.8. The number of amides is 1. The van der Waals surface area contributed by atoms with E-state index in [-0.39, 0.29) is 23.7 Å². The number of nitrogens with one attached hydrogen (secondary N) is 1. The van der Waals surface area contributed by atoms with Gasteiger partial charge in [-0.3, -0.25) is 9.59 Å². The predicted octanol–water partition coefficient (Wildman–Crippen LogP) is 2.42. The molecule has 1 N–H and O–H groups in total. The van der Waals surface area contributed by atoms with Crippen LogP contribution in [0.3, 0.4) is 0 Å². The minimum atomic E-state index is -0.631. The fraction of sp³-hybridized carbons (Fsp3) is 0.500. The van der Waals surface area contributed by atoms with Crippen LogP contribution in [0.25, 0.3) is 0 Å². The van der Waals surface area contributed by atoms with E-state index < -0.39 is 5.92 Å². The zero-order chi connectivity index (χ0) is 14.3. The van der Waals surface area contributed by atoms with Gasteiger partial charge in [0.05, 0.1) is 6.04 Å². The minimum Gasteiger partial charge on any atom is -0.345 e. The lowest BCUT2D eigenvalue weighted by Gasteiger charge is -2.16. The summed E-state index contributed by atoms with van der Waals surface area (Å²) in [7, 11) is 0. The first-order valence-corrected chi connectivity index (χ1v) is 6.74. The molecule has 0 saturated carbocycles. The first-order chi connectivity index (χ1) is 8.82. The van der Waals surface area contributed by atoms with Crippen LogP contribution in [0.5, 0.6) is 0 Å². The summed E-state index contributed by atoms with van der Waals surface area (Å²) in [5, 5.41) is 2.83. The van der Waals surface area contributed by atoms with Gasteiger partial charge in [-0.05, 0) is 43.4 Å². The van der Waals surface area contributed by atoms with Gasteiger partial charge in [-0.25, -0.2) is 0 Å². The molecule has 0 radical (unpaired) electrons. The van der Waals surface area contributed by atoms with Gasteiger partial charge in [0.2, 0.25) is 5.91 Å². The lowest BCUT2D eigenvalue weighted by molar-refractivity contribution is -0.124. The molecule has 3 heteroatoms. The summed E-state index contributed by atoms with van der Waals surface area (Å²) in [6, 6.07) is 3.72. The third-order valence-corrected chi connectivity index (χ3v) is 3.84. The fourth-order valence-corrected chi connectivity index (χ4v) is 3.03. The quantitative estimate of drug-likeness (QED) is 0.829. The number of rotatable bonds is 2. The molecule has 0 aromatic heterocycles. The highest BCUT2D eigenvalue weighted by atomic mass is 16.2. The van der Waals surface area contributed by atoms with Crippen molar-refractivity contribution in [2.24, 2.45) is 5.92 Å². The Kier molecular flexibility index (Phi) is 3.48. The van der Waals surface area contributed by atoms with Crippen molar-refractivity contribution < 1.29 is 9.59 Å². The SMILES string of the molecule is Cc1cc(C)c(C2C(=O)NC(C(C)C)C2=O)c(C)c1. The van der Waals surface area contributed by atoms with Crippen LogP contribution in [0.15, 0.2) is 12.1 Å². The molecule has 1 amide bonds. The van der Waals surface area contributed by atoms with Crippen molar-refractivity contribution in [2.45, 2.75) is 46.6 Å². The maximum Gasteiger partial charge on any atom is 0.235 e. The lowest BCUT2D eigenvalue weighted by Crippen LogP contribution is -2.33. The van der Waals surface area contributed by atoms with E-state index in [1.165, 1.54) is 0 Å². The smallest absolute Gasteiger partial charge is 0.235 e. The highest BCUT2D eigenvalue weighted by molar-refractivity contribution is 6.15. The molecule has 1 saturated heterocycles. The molecule has 2 rings (SSSR count). The Labute approximate surface area is 114 Å². The van der Waals surface area contributed by atoms with Crippen LogP contribution in [0.2, 0.25) is 0 Å². The number of carbonyl (C=O) groups excluding carboxylic acids is 2. The van der Waals surface area contributed by atoms with Crippen LogP contribution in [0, 0.1) is 26.7 Å². The normalized spacial score (nSPS) is 23.1. The van der Waals surface area contributed by atoms with Crippen LogP contribution in [0.1, 0.15) is 42.0 Å². The van der Waals surface area contributed by atoms with E-state index >= 15 is 0 Å². The molecule has 1 fully saturated rings. The van der Waals surface area contributed by atoms with Crippen molar-refractivity contribution in [3.63, 3.8) is 0 Å². The third-order valence-electron chi connectivity index (χ3n) is 3.84. The van der Waals surface area contributed by atoms with Gasteiger partial charge in [-0.15, -0.1) is 0 Å². The molecule has 0 spiro atoms. The molecule has 1 aromatic carbocycles. The maximum absolute atomic E-state index is 12.5. The van der Waals surface area contributed by atoms with Crippen molar-refractivity contribution in [1.82, 2.24) is 5.32 Å². The molecule has 0 bridgehead atoms. The van der Waals surface area contributed by atoms with Gasteiger partial charge in [-0.1, -0.05) is 31.5 Å². The number of aryl methyl sites for hydroxylation is 3. The van der Waals surface area contributed by atoms with Gasteiger partial charge < -0.3 is 5.32 Å². The average Bonchev–Trinajstić information content (AvgIpc) is 2.55. The van der Waals surface area contributed by atoms with E-state index in [0.29, 0.717) is 0 Å². The molecule has 2 atom stereocenters. The summed E-state index contributed by atoms with van der Waals surface area (Å²) >= 11 is 0. The van der Waals surface area contributed by atoms with Gasteiger partial charge in [0.15, 0.2) is 5.78 Å². The summed E-state index contributed by atoms with van der Waals surface area (Å²) in [5.74, 6) is -0.644. The highest BCUT2D eigenvalue weighted by Crippen LogP contribution is 2.31. The fourth-order valence-electron chi connectivity index (χ4n) is 3.03. The number of benzene rings is 1. The zero-order valence-corrected chi connectivity index (χ0v) is 12.2. The van der Waals surface area contributed by atoms with E-state index in [9.17, 15) is 9.59 Å². The summed E-state index contributed by atoms with van der Waals surface area (Å²) < 4.78 is 0. The third kappa shape index (κ3) is 2.29. The Morgan fingerprint density at radius 3 is 2.00 bits per heavy atom. The molecule has 0 aliphatic carbocycles. The summed E-state index contributed by atoms with van der Waals surface area (Å²) in [4.78, 5) is 24.6. The van der Waals surface area contributed by atoms with E-state index in [1.807, 2.05) is 46.8 Å². The van der Waals surface area contributed by atoms with Crippen LogP contribution in [-0.4, -0.2) is 17.7 Å². The Bertz CT molecular complexity index is 523. The van der Waals surface area contributed by atoms with E-state index in [2.05, 4.69) is 5.32 Å². The molecule has 3 nitrogen and oxygen atoms in total. The van der Waals surface area contributed by atoms with Gasteiger partial charge in [0, 0.05) is 0 Å². The second-order valence-electron chi connectivity index (χ2n) is 5.88.